The number of rotatable bonds is 5. The van der Waals surface area contributed by atoms with Gasteiger partial charge in [-0.3, -0.25) is 19.5 Å². The van der Waals surface area contributed by atoms with Crippen LogP contribution in [-0.4, -0.2) is 38.1 Å². The topological polar surface area (TPSA) is 125 Å². The Balaban J connectivity index is 1.86. The SMILES string of the molecule is COc1ccc(-n2c([C@H]3CCCN3)nc3c(-c4cncnc4)cc([N+](=O)[O-])cc3c2=O)cc1. The standard InChI is InChI=1S/C23H20N6O4/c1-33-17-6-4-15(5-7-17)28-22(20-3-2-8-26-20)27-21-18(14-11-24-13-25-12-14)9-16(29(31)32)10-19(21)23(28)30/h4-7,9-13,20,26H,2-3,8H2,1H3/t20-/m1/s1. The minimum absolute atomic E-state index is 0.126. The second-order valence-electron chi connectivity index (χ2n) is 7.73. The van der Waals surface area contributed by atoms with Crippen LogP contribution in [0.15, 0.2) is 59.9 Å². The number of fused-ring (bicyclic) bond motifs is 1. The molecule has 0 amide bonds. The van der Waals surface area contributed by atoms with E-state index in [0.717, 1.165) is 19.4 Å². The smallest absolute Gasteiger partial charge is 0.271 e. The predicted molar refractivity (Wildman–Crippen MR) is 122 cm³/mol. The van der Waals surface area contributed by atoms with Crippen molar-refractivity contribution >= 4 is 16.6 Å². The quantitative estimate of drug-likeness (QED) is 0.367. The Morgan fingerprint density at radius 2 is 1.94 bits per heavy atom. The molecule has 10 heteroatoms. The van der Waals surface area contributed by atoms with Crippen LogP contribution in [0.4, 0.5) is 5.69 Å². The van der Waals surface area contributed by atoms with Crippen LogP contribution in [0.2, 0.25) is 0 Å². The van der Waals surface area contributed by atoms with E-state index in [1.165, 1.54) is 23.0 Å². The molecule has 5 rings (SSSR count). The molecule has 1 saturated heterocycles. The number of hydrogen-bond donors (Lipinski definition) is 1. The van der Waals surface area contributed by atoms with Crippen LogP contribution in [0.5, 0.6) is 5.75 Å². The van der Waals surface area contributed by atoms with E-state index < -0.39 is 4.92 Å². The maximum atomic E-state index is 13.8. The Labute approximate surface area is 188 Å². The highest BCUT2D eigenvalue weighted by molar-refractivity contribution is 5.95. The average Bonchev–Trinajstić information content (AvgIpc) is 3.39. The van der Waals surface area contributed by atoms with Crippen LogP contribution in [0.1, 0.15) is 24.7 Å². The van der Waals surface area contributed by atoms with Gasteiger partial charge in [0, 0.05) is 35.7 Å². The summed E-state index contributed by atoms with van der Waals surface area (Å²) in [5.74, 6) is 1.21. The molecule has 0 saturated carbocycles. The Morgan fingerprint density at radius 1 is 1.18 bits per heavy atom. The molecule has 4 aromatic rings. The van der Waals surface area contributed by atoms with Gasteiger partial charge in [-0.2, -0.15) is 0 Å². The number of nitrogens with one attached hydrogen (secondary N) is 1. The number of hydrogen-bond acceptors (Lipinski definition) is 8. The van der Waals surface area contributed by atoms with E-state index >= 15 is 0 Å². The zero-order chi connectivity index (χ0) is 22.9. The zero-order valence-electron chi connectivity index (χ0n) is 17.8. The monoisotopic (exact) mass is 444 g/mol. The van der Waals surface area contributed by atoms with E-state index in [0.29, 0.717) is 33.9 Å². The third-order valence-corrected chi connectivity index (χ3v) is 5.77. The molecule has 0 bridgehead atoms. The van der Waals surface area contributed by atoms with Gasteiger partial charge in [0.15, 0.2) is 0 Å². The molecule has 1 aliphatic rings. The second-order valence-corrected chi connectivity index (χ2v) is 7.73. The highest BCUT2D eigenvalue weighted by Gasteiger charge is 2.26. The Kier molecular flexibility index (Phi) is 5.27. The van der Waals surface area contributed by atoms with Gasteiger partial charge in [-0.15, -0.1) is 0 Å². The van der Waals surface area contributed by atoms with Crippen molar-refractivity contribution in [2.24, 2.45) is 0 Å². The molecular weight excluding hydrogens is 424 g/mol. The van der Waals surface area contributed by atoms with Crippen LogP contribution < -0.4 is 15.6 Å². The summed E-state index contributed by atoms with van der Waals surface area (Å²) < 4.78 is 6.77. The summed E-state index contributed by atoms with van der Waals surface area (Å²) in [7, 11) is 1.57. The summed E-state index contributed by atoms with van der Waals surface area (Å²) >= 11 is 0. The summed E-state index contributed by atoms with van der Waals surface area (Å²) in [4.78, 5) is 37.9. The average molecular weight is 444 g/mol. The molecule has 1 aliphatic heterocycles. The summed E-state index contributed by atoms with van der Waals surface area (Å²) in [6, 6.07) is 9.64. The minimum atomic E-state index is -0.518. The van der Waals surface area contributed by atoms with E-state index in [1.54, 1.807) is 43.8 Å². The number of benzene rings is 2. The molecule has 0 aliphatic carbocycles. The lowest BCUT2D eigenvalue weighted by Gasteiger charge is -2.19. The van der Waals surface area contributed by atoms with Gasteiger partial charge in [-0.1, -0.05) is 0 Å². The number of nitrogens with zero attached hydrogens (tertiary/aromatic N) is 5. The number of nitro benzene ring substituents is 1. The van der Waals surface area contributed by atoms with Gasteiger partial charge in [0.05, 0.1) is 34.7 Å². The Hall–Kier alpha value is -4.18. The van der Waals surface area contributed by atoms with Crippen molar-refractivity contribution in [3.05, 3.63) is 81.4 Å². The first-order chi connectivity index (χ1) is 16.1. The molecular formula is C23H20N6O4. The van der Waals surface area contributed by atoms with Gasteiger partial charge in [-0.05, 0) is 43.7 Å². The normalized spacial score (nSPS) is 15.6. The molecule has 0 unspecified atom stereocenters. The molecule has 10 nitrogen and oxygen atoms in total. The molecule has 2 aromatic carbocycles. The molecule has 0 spiro atoms. The van der Waals surface area contributed by atoms with E-state index in [9.17, 15) is 14.9 Å². The largest absolute Gasteiger partial charge is 0.497 e. The van der Waals surface area contributed by atoms with E-state index in [2.05, 4.69) is 15.3 Å². The lowest BCUT2D eigenvalue weighted by Crippen LogP contribution is -2.29. The van der Waals surface area contributed by atoms with Crippen molar-refractivity contribution in [3.63, 3.8) is 0 Å². The van der Waals surface area contributed by atoms with Crippen LogP contribution in [0.3, 0.4) is 0 Å². The fourth-order valence-electron chi connectivity index (χ4n) is 4.17. The Bertz CT molecular complexity index is 1400. The maximum Gasteiger partial charge on any atom is 0.271 e. The summed E-state index contributed by atoms with van der Waals surface area (Å²) in [6.45, 7) is 0.820. The molecule has 0 radical (unpaired) electrons. The summed E-state index contributed by atoms with van der Waals surface area (Å²) in [5.41, 5.74) is 1.40. The van der Waals surface area contributed by atoms with E-state index in [4.69, 9.17) is 9.72 Å². The van der Waals surface area contributed by atoms with Gasteiger partial charge in [-0.25, -0.2) is 15.0 Å². The van der Waals surface area contributed by atoms with Crippen molar-refractivity contribution in [2.75, 3.05) is 13.7 Å². The summed E-state index contributed by atoms with van der Waals surface area (Å²) in [5, 5.41) is 15.2. The minimum Gasteiger partial charge on any atom is -0.497 e. The fourth-order valence-corrected chi connectivity index (χ4v) is 4.17. The van der Waals surface area contributed by atoms with Crippen LogP contribution in [-0.2, 0) is 0 Å². The lowest BCUT2D eigenvalue weighted by atomic mass is 10.0. The number of non-ortho nitro benzene ring substituents is 1. The number of ether oxygens (including phenoxy) is 1. The molecule has 166 valence electrons. The Morgan fingerprint density at radius 3 is 2.58 bits per heavy atom. The van der Waals surface area contributed by atoms with E-state index in [1.807, 2.05) is 0 Å². The van der Waals surface area contributed by atoms with Gasteiger partial charge in [0.2, 0.25) is 0 Å². The van der Waals surface area contributed by atoms with Crippen LogP contribution in [0, 0.1) is 10.1 Å². The highest BCUT2D eigenvalue weighted by Crippen LogP contribution is 2.32. The number of aromatic nitrogens is 4. The maximum absolute atomic E-state index is 13.8. The van der Waals surface area contributed by atoms with Crippen LogP contribution >= 0.6 is 0 Å². The van der Waals surface area contributed by atoms with Gasteiger partial charge in [0.25, 0.3) is 11.2 Å². The van der Waals surface area contributed by atoms with E-state index in [-0.39, 0.29) is 22.7 Å². The van der Waals surface area contributed by atoms with Crippen molar-refractivity contribution in [3.8, 4) is 22.6 Å². The third kappa shape index (κ3) is 3.70. The summed E-state index contributed by atoms with van der Waals surface area (Å²) in [6.07, 6.45) is 6.26. The van der Waals surface area contributed by atoms with Gasteiger partial charge in [0.1, 0.15) is 17.9 Å². The first-order valence-electron chi connectivity index (χ1n) is 10.4. The second kappa shape index (κ2) is 8.40. The zero-order valence-corrected chi connectivity index (χ0v) is 17.8. The molecule has 1 fully saturated rings. The van der Waals surface area contributed by atoms with Crippen LogP contribution in [0.25, 0.3) is 27.7 Å². The first-order valence-corrected chi connectivity index (χ1v) is 10.4. The first kappa shape index (κ1) is 20.7. The van der Waals surface area contributed by atoms with Crippen molar-refractivity contribution in [2.45, 2.75) is 18.9 Å². The van der Waals surface area contributed by atoms with Gasteiger partial charge < -0.3 is 10.1 Å². The van der Waals surface area contributed by atoms with Crippen molar-refractivity contribution < 1.29 is 9.66 Å². The molecule has 3 heterocycles. The molecule has 1 atom stereocenters. The molecule has 2 aromatic heterocycles. The number of methoxy groups -OCH3 is 1. The fraction of sp³-hybridized carbons (Fsp3) is 0.217. The third-order valence-electron chi connectivity index (χ3n) is 5.77. The lowest BCUT2D eigenvalue weighted by molar-refractivity contribution is -0.384. The predicted octanol–water partition coefficient (Wildman–Crippen LogP) is 3.18. The highest BCUT2D eigenvalue weighted by atomic mass is 16.6. The van der Waals surface area contributed by atoms with Crippen molar-refractivity contribution in [1.82, 2.24) is 24.8 Å². The molecule has 33 heavy (non-hydrogen) atoms. The number of nitro groups is 1. The molecule has 1 N–H and O–H groups in total. The van der Waals surface area contributed by atoms with Crippen molar-refractivity contribution in [1.29, 1.82) is 0 Å². The van der Waals surface area contributed by atoms with Gasteiger partial charge >= 0.3 is 0 Å².